The molecule has 0 aromatic heterocycles. The molecule has 0 aliphatic carbocycles. The largest absolute Gasteiger partial charge is 0.456 e. The lowest BCUT2D eigenvalue weighted by Crippen LogP contribution is -2.64. The molecule has 0 amide bonds. The lowest BCUT2D eigenvalue weighted by molar-refractivity contribution is -0.376. The summed E-state index contributed by atoms with van der Waals surface area (Å²) in [6, 6.07) is 0. The van der Waals surface area contributed by atoms with Crippen molar-refractivity contribution < 1.29 is 69.0 Å². The van der Waals surface area contributed by atoms with E-state index in [-0.39, 0.29) is 12.4 Å². The van der Waals surface area contributed by atoms with Gasteiger partial charge in [-0.25, -0.2) is 0 Å². The topological polar surface area (TPSA) is 222 Å². The van der Waals surface area contributed by atoms with Gasteiger partial charge < -0.3 is 59.4 Å². The number of rotatable bonds is 15. The van der Waals surface area contributed by atoms with Gasteiger partial charge in [-0.2, -0.15) is 0 Å². The van der Waals surface area contributed by atoms with E-state index >= 15 is 0 Å². The average molecular weight is 553 g/mol. The predicted molar refractivity (Wildman–Crippen MR) is 126 cm³/mol. The molecular weight excluding hydrogens is 512 g/mol. The monoisotopic (exact) mass is 552 g/mol. The summed E-state index contributed by atoms with van der Waals surface area (Å²) in [7, 11) is 0. The molecule has 14 heteroatoms. The highest BCUT2D eigenvalue weighted by atomic mass is 16.8. The third-order valence-corrected chi connectivity index (χ3v) is 6.43. The van der Waals surface area contributed by atoms with Gasteiger partial charge in [0, 0.05) is 12.8 Å². The molecule has 2 saturated heterocycles. The summed E-state index contributed by atoms with van der Waals surface area (Å²) >= 11 is 0. The van der Waals surface area contributed by atoms with Crippen LogP contribution in [-0.4, -0.2) is 122 Å². The van der Waals surface area contributed by atoms with Crippen molar-refractivity contribution in [2.24, 2.45) is 0 Å². The van der Waals surface area contributed by atoms with Gasteiger partial charge in [0.2, 0.25) is 0 Å². The molecule has 0 spiro atoms. The second-order valence-corrected chi connectivity index (χ2v) is 9.27. The van der Waals surface area contributed by atoms with Crippen LogP contribution in [0.3, 0.4) is 0 Å². The first-order valence-electron chi connectivity index (χ1n) is 12.7. The van der Waals surface area contributed by atoms with Crippen LogP contribution in [0.25, 0.3) is 0 Å². The number of hydrogen-bond acceptors (Lipinski definition) is 14. The Morgan fingerprint density at radius 1 is 0.684 bits per heavy atom. The van der Waals surface area contributed by atoms with Crippen LogP contribution < -0.4 is 0 Å². The maximum Gasteiger partial charge on any atom is 0.310 e. The molecule has 10 atom stereocenters. The standard InChI is InChI=1S/C24H40O14/c1-2-34-15(27)9-7-5-3-4-6-8-10-16(28)37-22-18(30)14(12-26)36-24(21(22)33)38-23-20(32)19(31)17(29)13(11-25)35-23/h2,13-14,17-26,29-33H,1,3-12H2/t13-,14-,17-,18-,19+,20-,21-,22+,23-,24-/m1/s1. The summed E-state index contributed by atoms with van der Waals surface area (Å²) in [4.78, 5) is 23.6. The normalized spacial score (nSPS) is 35.4. The molecule has 0 unspecified atom stereocenters. The SMILES string of the molecule is C=COC(=O)CCCCCCCCC(=O)O[C@@H]1[C@@H](O)[C@@H](O[C@H]2O[C@H](CO)[C@@H](O)[C@H](O)[C@H]2O)O[C@H](CO)[C@H]1O. The molecule has 7 N–H and O–H groups in total. The number of hydrogen-bond donors (Lipinski definition) is 7. The fraction of sp³-hybridized carbons (Fsp3) is 0.833. The van der Waals surface area contributed by atoms with Crippen LogP contribution in [0.5, 0.6) is 0 Å². The lowest BCUT2D eigenvalue weighted by Gasteiger charge is -2.45. The Hall–Kier alpha value is -1.72. The van der Waals surface area contributed by atoms with E-state index in [9.17, 15) is 45.3 Å². The number of carbonyl (C=O) groups excluding carboxylic acids is 2. The Morgan fingerprint density at radius 2 is 1.18 bits per heavy atom. The Morgan fingerprint density at radius 3 is 1.74 bits per heavy atom. The van der Waals surface area contributed by atoms with Crippen molar-refractivity contribution in [2.45, 2.75) is 113 Å². The summed E-state index contributed by atoms with van der Waals surface area (Å²) in [5.41, 5.74) is 0. The maximum atomic E-state index is 12.4. The van der Waals surface area contributed by atoms with Crippen LogP contribution in [0.4, 0.5) is 0 Å². The fourth-order valence-corrected chi connectivity index (χ4v) is 4.23. The molecule has 2 aliphatic heterocycles. The van der Waals surface area contributed by atoms with E-state index in [2.05, 4.69) is 11.3 Å². The van der Waals surface area contributed by atoms with Crippen LogP contribution in [-0.2, 0) is 33.3 Å². The van der Waals surface area contributed by atoms with Gasteiger partial charge in [0.1, 0.15) is 42.7 Å². The number of carbonyl (C=O) groups is 2. The minimum absolute atomic E-state index is 0.00445. The minimum Gasteiger partial charge on any atom is -0.456 e. The van der Waals surface area contributed by atoms with E-state index in [1.165, 1.54) is 0 Å². The number of esters is 2. The smallest absolute Gasteiger partial charge is 0.310 e. The predicted octanol–water partition coefficient (Wildman–Crippen LogP) is -2.04. The van der Waals surface area contributed by atoms with Crippen LogP contribution in [0.2, 0.25) is 0 Å². The van der Waals surface area contributed by atoms with Crippen LogP contribution >= 0.6 is 0 Å². The summed E-state index contributed by atoms with van der Waals surface area (Å²) < 4.78 is 25.9. The second-order valence-electron chi connectivity index (χ2n) is 9.27. The number of aliphatic hydroxyl groups is 7. The quantitative estimate of drug-likeness (QED) is 0.0661. The maximum absolute atomic E-state index is 12.4. The third kappa shape index (κ3) is 9.19. The van der Waals surface area contributed by atoms with Crippen LogP contribution in [0.1, 0.15) is 51.4 Å². The molecule has 2 fully saturated rings. The highest BCUT2D eigenvalue weighted by Crippen LogP contribution is 2.29. The number of ether oxygens (including phenoxy) is 5. The second kappa shape index (κ2) is 16.4. The number of aliphatic hydroxyl groups excluding tert-OH is 7. The van der Waals surface area contributed by atoms with Gasteiger partial charge >= 0.3 is 11.9 Å². The van der Waals surface area contributed by atoms with E-state index in [0.717, 1.165) is 25.5 Å². The van der Waals surface area contributed by atoms with Crippen molar-refractivity contribution in [1.29, 1.82) is 0 Å². The van der Waals surface area contributed by atoms with Crippen molar-refractivity contribution in [3.8, 4) is 0 Å². The van der Waals surface area contributed by atoms with Crippen molar-refractivity contribution >= 4 is 11.9 Å². The zero-order chi connectivity index (χ0) is 28.2. The molecule has 2 aliphatic rings. The summed E-state index contributed by atoms with van der Waals surface area (Å²) in [5, 5.41) is 70.0. The summed E-state index contributed by atoms with van der Waals surface area (Å²) in [5.74, 6) is -1.03. The van der Waals surface area contributed by atoms with Gasteiger partial charge in [0.05, 0.1) is 19.5 Å². The molecule has 220 valence electrons. The molecule has 38 heavy (non-hydrogen) atoms. The van der Waals surface area contributed by atoms with E-state index in [0.29, 0.717) is 25.7 Å². The van der Waals surface area contributed by atoms with Crippen LogP contribution in [0, 0.1) is 0 Å². The van der Waals surface area contributed by atoms with Gasteiger partial charge in [-0.3, -0.25) is 9.59 Å². The van der Waals surface area contributed by atoms with Crippen LogP contribution in [0.15, 0.2) is 12.8 Å². The fourth-order valence-electron chi connectivity index (χ4n) is 4.23. The van der Waals surface area contributed by atoms with Gasteiger partial charge in [0.15, 0.2) is 18.7 Å². The Labute approximate surface area is 220 Å². The first-order chi connectivity index (χ1) is 18.1. The van der Waals surface area contributed by atoms with Gasteiger partial charge in [-0.15, -0.1) is 0 Å². The van der Waals surface area contributed by atoms with Crippen molar-refractivity contribution in [3.63, 3.8) is 0 Å². The van der Waals surface area contributed by atoms with Crippen molar-refractivity contribution in [1.82, 2.24) is 0 Å². The van der Waals surface area contributed by atoms with E-state index in [1.807, 2.05) is 0 Å². The molecule has 2 rings (SSSR count). The first kappa shape index (κ1) is 32.5. The third-order valence-electron chi connectivity index (χ3n) is 6.43. The first-order valence-corrected chi connectivity index (χ1v) is 12.7. The molecule has 0 radical (unpaired) electrons. The summed E-state index contributed by atoms with van der Waals surface area (Å²) in [6.45, 7) is 1.89. The highest BCUT2D eigenvalue weighted by Gasteiger charge is 2.51. The minimum atomic E-state index is -1.79. The number of unbranched alkanes of at least 4 members (excludes halogenated alkanes) is 5. The van der Waals surface area contributed by atoms with Crippen molar-refractivity contribution in [2.75, 3.05) is 13.2 Å². The van der Waals surface area contributed by atoms with Crippen molar-refractivity contribution in [3.05, 3.63) is 12.8 Å². The lowest BCUT2D eigenvalue weighted by atomic mass is 9.98. The molecule has 0 aromatic carbocycles. The van der Waals surface area contributed by atoms with E-state index in [1.54, 1.807) is 0 Å². The zero-order valence-electron chi connectivity index (χ0n) is 21.1. The zero-order valence-corrected chi connectivity index (χ0v) is 21.1. The van der Waals surface area contributed by atoms with Gasteiger partial charge in [0.25, 0.3) is 0 Å². The molecule has 2 heterocycles. The summed E-state index contributed by atoms with van der Waals surface area (Å²) in [6.07, 6.45) is -10.2. The Balaban J connectivity index is 1.82. The molecule has 14 nitrogen and oxygen atoms in total. The van der Waals surface area contributed by atoms with Gasteiger partial charge in [-0.1, -0.05) is 32.3 Å². The Kier molecular flexibility index (Phi) is 14.0. The molecule has 0 bridgehead atoms. The molecular formula is C24H40O14. The molecule has 0 aromatic rings. The Bertz CT molecular complexity index is 733. The van der Waals surface area contributed by atoms with E-state index in [4.69, 9.17) is 18.9 Å². The molecule has 0 saturated carbocycles. The average Bonchev–Trinajstić information content (AvgIpc) is 2.89. The van der Waals surface area contributed by atoms with Gasteiger partial charge in [-0.05, 0) is 12.8 Å². The highest BCUT2D eigenvalue weighted by molar-refractivity contribution is 5.70. The van der Waals surface area contributed by atoms with E-state index < -0.39 is 80.6 Å².